The first-order valence-electron chi connectivity index (χ1n) is 4.99. The molecule has 80 valence electrons. The van der Waals surface area contributed by atoms with Crippen LogP contribution in [0.15, 0.2) is 0 Å². The van der Waals surface area contributed by atoms with Crippen molar-refractivity contribution in [2.75, 3.05) is 0 Å². The van der Waals surface area contributed by atoms with Crippen LogP contribution in [-0.4, -0.2) is 15.9 Å². The van der Waals surface area contributed by atoms with E-state index in [2.05, 4.69) is 21.9 Å². The molecule has 1 unspecified atom stereocenters. The van der Waals surface area contributed by atoms with Crippen LogP contribution in [0.3, 0.4) is 0 Å². The zero-order valence-electron chi connectivity index (χ0n) is 8.34. The Balaban J connectivity index is 3.14. The molecule has 3 heteroatoms. The van der Waals surface area contributed by atoms with Gasteiger partial charge in [0.15, 0.2) is 0 Å². The molecule has 0 saturated carbocycles. The number of unbranched alkanes of at least 4 members (excludes halogenated alkanes) is 5. The number of terminal acetylenes is 1. The number of carboxylic acid groups (broad SMARTS) is 1. The predicted molar refractivity (Wildman–Crippen MR) is 61.5 cm³/mol. The van der Waals surface area contributed by atoms with E-state index >= 15 is 0 Å². The third kappa shape index (κ3) is 8.12. The molecule has 1 N–H and O–H groups in total. The van der Waals surface area contributed by atoms with Crippen molar-refractivity contribution in [3.63, 3.8) is 0 Å². The second-order valence-corrected chi connectivity index (χ2v) is 4.42. The normalized spacial score (nSPS) is 12.0. The van der Waals surface area contributed by atoms with Crippen LogP contribution in [-0.2, 0) is 4.79 Å². The van der Waals surface area contributed by atoms with Gasteiger partial charge in [-0.05, 0) is 12.8 Å². The van der Waals surface area contributed by atoms with Gasteiger partial charge in [-0.2, -0.15) is 0 Å². The monoisotopic (exact) mass is 260 g/mol. The van der Waals surface area contributed by atoms with E-state index in [9.17, 15) is 4.79 Å². The molecule has 1 atom stereocenters. The zero-order valence-corrected chi connectivity index (χ0v) is 9.92. The van der Waals surface area contributed by atoms with E-state index in [1.807, 2.05) is 0 Å². The van der Waals surface area contributed by atoms with Crippen LogP contribution in [0.2, 0.25) is 0 Å². The van der Waals surface area contributed by atoms with Gasteiger partial charge < -0.3 is 5.11 Å². The lowest BCUT2D eigenvalue weighted by atomic mass is 10.1. The number of hydrogen-bond acceptors (Lipinski definition) is 1. The highest BCUT2D eigenvalue weighted by atomic mass is 79.9. The van der Waals surface area contributed by atoms with Crippen LogP contribution in [0.1, 0.15) is 44.9 Å². The number of alkyl halides is 1. The Morgan fingerprint density at radius 3 is 2.43 bits per heavy atom. The average Bonchev–Trinajstić information content (AvgIpc) is 2.16. The van der Waals surface area contributed by atoms with Gasteiger partial charge in [0.05, 0.1) is 0 Å². The summed E-state index contributed by atoms with van der Waals surface area (Å²) in [6.45, 7) is 0. The van der Waals surface area contributed by atoms with E-state index in [-0.39, 0.29) is 4.83 Å². The molecule has 0 saturated heterocycles. The van der Waals surface area contributed by atoms with Crippen molar-refractivity contribution in [1.82, 2.24) is 0 Å². The molecule has 0 bridgehead atoms. The molecule has 0 amide bonds. The maximum absolute atomic E-state index is 10.4. The van der Waals surface area contributed by atoms with Crippen LogP contribution in [0.5, 0.6) is 0 Å². The Bertz CT molecular complexity index is 196. The van der Waals surface area contributed by atoms with Crippen molar-refractivity contribution in [3.05, 3.63) is 0 Å². The molecule has 0 aromatic rings. The summed E-state index contributed by atoms with van der Waals surface area (Å²) < 4.78 is 0. The number of carboxylic acids is 1. The van der Waals surface area contributed by atoms with Crippen molar-refractivity contribution in [1.29, 1.82) is 0 Å². The molecule has 0 rings (SSSR count). The molecule has 0 aliphatic rings. The first kappa shape index (κ1) is 13.5. The number of carbonyl (C=O) groups is 1. The van der Waals surface area contributed by atoms with Crippen molar-refractivity contribution >= 4 is 21.9 Å². The minimum absolute atomic E-state index is 0.381. The topological polar surface area (TPSA) is 37.3 Å². The Hall–Kier alpha value is -0.490. The molecule has 0 aliphatic heterocycles. The third-order valence-corrected chi connectivity index (χ3v) is 2.90. The highest BCUT2D eigenvalue weighted by molar-refractivity contribution is 9.10. The van der Waals surface area contributed by atoms with E-state index < -0.39 is 5.97 Å². The minimum atomic E-state index is -0.766. The summed E-state index contributed by atoms with van der Waals surface area (Å²) >= 11 is 3.11. The van der Waals surface area contributed by atoms with Crippen molar-refractivity contribution in [3.8, 4) is 12.3 Å². The van der Waals surface area contributed by atoms with Crippen LogP contribution in [0.25, 0.3) is 0 Å². The SMILES string of the molecule is C#CCCCCCCCC(Br)C(=O)O. The Labute approximate surface area is 94.2 Å². The van der Waals surface area contributed by atoms with E-state index in [0.717, 1.165) is 38.5 Å². The molecular weight excluding hydrogens is 244 g/mol. The van der Waals surface area contributed by atoms with Gasteiger partial charge >= 0.3 is 5.97 Å². The second-order valence-electron chi connectivity index (χ2n) is 3.32. The fourth-order valence-electron chi connectivity index (χ4n) is 1.20. The lowest BCUT2D eigenvalue weighted by Crippen LogP contribution is -2.11. The maximum atomic E-state index is 10.4. The Morgan fingerprint density at radius 1 is 1.29 bits per heavy atom. The van der Waals surface area contributed by atoms with E-state index in [0.29, 0.717) is 6.42 Å². The van der Waals surface area contributed by atoms with E-state index in [4.69, 9.17) is 11.5 Å². The molecule has 0 radical (unpaired) electrons. The summed E-state index contributed by atoms with van der Waals surface area (Å²) in [6.07, 6.45) is 12.2. The average molecular weight is 261 g/mol. The fraction of sp³-hybridized carbons (Fsp3) is 0.727. The van der Waals surface area contributed by atoms with E-state index in [1.165, 1.54) is 0 Å². The lowest BCUT2D eigenvalue weighted by molar-refractivity contribution is -0.136. The van der Waals surface area contributed by atoms with Crippen LogP contribution in [0.4, 0.5) is 0 Å². The standard InChI is InChI=1S/C11H17BrO2/c1-2-3-4-5-6-7-8-9-10(12)11(13)14/h1,10H,3-9H2,(H,13,14). The van der Waals surface area contributed by atoms with Gasteiger partial charge in [0, 0.05) is 6.42 Å². The summed E-state index contributed by atoms with van der Waals surface area (Å²) in [5.41, 5.74) is 0. The molecule has 2 nitrogen and oxygen atoms in total. The minimum Gasteiger partial charge on any atom is -0.480 e. The maximum Gasteiger partial charge on any atom is 0.317 e. The summed E-state index contributed by atoms with van der Waals surface area (Å²) in [6, 6.07) is 0. The molecule has 0 fully saturated rings. The number of aliphatic carboxylic acids is 1. The van der Waals surface area contributed by atoms with Gasteiger partial charge in [-0.3, -0.25) is 4.79 Å². The van der Waals surface area contributed by atoms with E-state index in [1.54, 1.807) is 0 Å². The smallest absolute Gasteiger partial charge is 0.317 e. The van der Waals surface area contributed by atoms with Crippen LogP contribution >= 0.6 is 15.9 Å². The predicted octanol–water partition coefficient (Wildman–Crippen LogP) is 3.20. The summed E-state index contributed by atoms with van der Waals surface area (Å²) in [5.74, 6) is 1.84. The quantitative estimate of drug-likeness (QED) is 0.414. The lowest BCUT2D eigenvalue weighted by Gasteiger charge is -2.03. The molecule has 0 aliphatic carbocycles. The molecule has 0 aromatic carbocycles. The summed E-state index contributed by atoms with van der Waals surface area (Å²) in [5, 5.41) is 8.59. The largest absolute Gasteiger partial charge is 0.480 e. The molecule has 0 heterocycles. The Kier molecular flexibility index (Phi) is 8.76. The van der Waals surface area contributed by atoms with Gasteiger partial charge in [0.25, 0.3) is 0 Å². The van der Waals surface area contributed by atoms with Gasteiger partial charge in [0.1, 0.15) is 4.83 Å². The molecule has 0 aromatic heterocycles. The number of rotatable bonds is 8. The Morgan fingerprint density at radius 2 is 1.86 bits per heavy atom. The third-order valence-electron chi connectivity index (χ3n) is 2.05. The number of hydrogen-bond donors (Lipinski definition) is 1. The highest BCUT2D eigenvalue weighted by Crippen LogP contribution is 2.13. The van der Waals surface area contributed by atoms with Gasteiger partial charge in [-0.1, -0.05) is 41.6 Å². The van der Waals surface area contributed by atoms with Crippen molar-refractivity contribution < 1.29 is 9.90 Å². The van der Waals surface area contributed by atoms with Gasteiger partial charge in [-0.25, -0.2) is 0 Å². The van der Waals surface area contributed by atoms with Crippen molar-refractivity contribution in [2.45, 2.75) is 49.8 Å². The molecule has 0 spiro atoms. The molecule has 14 heavy (non-hydrogen) atoms. The first-order valence-corrected chi connectivity index (χ1v) is 5.90. The van der Waals surface area contributed by atoms with Crippen LogP contribution < -0.4 is 0 Å². The first-order chi connectivity index (χ1) is 6.68. The second kappa shape index (κ2) is 9.08. The van der Waals surface area contributed by atoms with Crippen LogP contribution in [0, 0.1) is 12.3 Å². The fourth-order valence-corrected chi connectivity index (χ4v) is 1.53. The molecular formula is C11H17BrO2. The van der Waals surface area contributed by atoms with Gasteiger partial charge in [-0.15, -0.1) is 12.3 Å². The summed E-state index contributed by atoms with van der Waals surface area (Å²) in [7, 11) is 0. The van der Waals surface area contributed by atoms with Crippen molar-refractivity contribution in [2.24, 2.45) is 0 Å². The zero-order chi connectivity index (χ0) is 10.8. The summed E-state index contributed by atoms with van der Waals surface area (Å²) in [4.78, 5) is 10.1. The van der Waals surface area contributed by atoms with Gasteiger partial charge in [0.2, 0.25) is 0 Å². The number of halogens is 1. The highest BCUT2D eigenvalue weighted by Gasteiger charge is 2.11.